The van der Waals surface area contributed by atoms with Crippen LogP contribution in [0.15, 0.2) is 48.6 Å². The van der Waals surface area contributed by atoms with Crippen LogP contribution in [0.25, 0.3) is 0 Å². The number of Topliss-reactive ketones (excluding diaryl/α,β-unsaturated/α-hetero) is 2. The lowest BCUT2D eigenvalue weighted by molar-refractivity contribution is -0.115. The summed E-state index contributed by atoms with van der Waals surface area (Å²) in [6.45, 7) is 10.3. The molecule has 1 aliphatic carbocycles. The zero-order valence-corrected chi connectivity index (χ0v) is 6.59. The van der Waals surface area contributed by atoms with E-state index in [1.165, 1.54) is 12.2 Å². The molecule has 0 heterocycles. The lowest BCUT2D eigenvalue weighted by Crippen LogP contribution is -2.01. The second-order valence-electron chi connectivity index (χ2n) is 2.37. The summed E-state index contributed by atoms with van der Waals surface area (Å²) < 4.78 is 0. The van der Waals surface area contributed by atoms with Crippen molar-refractivity contribution in [1.82, 2.24) is 0 Å². The molecule has 0 fully saturated rings. The average molecular weight is 160 g/mol. The van der Waals surface area contributed by atoms with E-state index in [0.29, 0.717) is 11.1 Å². The molecule has 2 heteroatoms. The minimum atomic E-state index is -0.343. The normalized spacial score (nSPS) is 17.2. The van der Waals surface area contributed by atoms with E-state index in [1.54, 1.807) is 0 Å². The third-order valence-electron chi connectivity index (χ3n) is 1.74. The van der Waals surface area contributed by atoms with E-state index in [1.807, 2.05) is 0 Å². The highest BCUT2D eigenvalue weighted by atomic mass is 16.2. The monoisotopic (exact) mass is 160 g/mol. The molecule has 12 heavy (non-hydrogen) atoms. The van der Waals surface area contributed by atoms with Gasteiger partial charge >= 0.3 is 0 Å². The number of ketones is 2. The predicted octanol–water partition coefficient (Wildman–Crippen LogP) is 1.36. The molecule has 1 rings (SSSR count). The first-order chi connectivity index (χ1) is 5.63. The third kappa shape index (κ3) is 0.889. The molecule has 0 aromatic carbocycles. The quantitative estimate of drug-likeness (QED) is 0.451. The molecule has 0 aliphatic heterocycles. The molecule has 60 valence electrons. The number of carbonyl (C=O) groups is 2. The molecule has 0 bridgehead atoms. The minimum Gasteiger partial charge on any atom is -0.288 e. The van der Waals surface area contributed by atoms with Crippen LogP contribution in [0.2, 0.25) is 0 Å². The highest BCUT2D eigenvalue weighted by molar-refractivity contribution is 6.39. The van der Waals surface area contributed by atoms with E-state index < -0.39 is 0 Å². The summed E-state index contributed by atoms with van der Waals surface area (Å²) in [5.74, 6) is -0.685. The second-order valence-corrected chi connectivity index (χ2v) is 2.37. The van der Waals surface area contributed by atoms with Gasteiger partial charge in [-0.05, 0) is 0 Å². The second kappa shape index (κ2) is 2.74. The average Bonchev–Trinajstić information content (AvgIpc) is 2.29. The van der Waals surface area contributed by atoms with Crippen molar-refractivity contribution < 1.29 is 9.59 Å². The molecule has 0 amide bonds. The van der Waals surface area contributed by atoms with Gasteiger partial charge in [0.1, 0.15) is 0 Å². The van der Waals surface area contributed by atoms with Gasteiger partial charge in [0.2, 0.25) is 0 Å². The van der Waals surface area contributed by atoms with Crippen LogP contribution in [0.3, 0.4) is 0 Å². The lowest BCUT2D eigenvalue weighted by atomic mass is 10.1. The smallest absolute Gasteiger partial charge is 0.197 e. The first kappa shape index (κ1) is 8.40. The van der Waals surface area contributed by atoms with Crippen LogP contribution >= 0.6 is 0 Å². The highest BCUT2D eigenvalue weighted by Crippen LogP contribution is 2.24. The van der Waals surface area contributed by atoms with Crippen molar-refractivity contribution in [1.29, 1.82) is 0 Å². The number of rotatable bonds is 2. The van der Waals surface area contributed by atoms with Crippen LogP contribution in [0.1, 0.15) is 0 Å². The fraction of sp³-hybridized carbons (Fsp3) is 0. The van der Waals surface area contributed by atoms with E-state index in [-0.39, 0.29) is 17.1 Å². The van der Waals surface area contributed by atoms with Gasteiger partial charge in [-0.1, -0.05) is 31.9 Å². The molecular formula is C10H8O2. The van der Waals surface area contributed by atoms with Crippen LogP contribution in [0.5, 0.6) is 0 Å². The van der Waals surface area contributed by atoms with Crippen molar-refractivity contribution in [3.05, 3.63) is 48.6 Å². The molecule has 2 nitrogen and oxygen atoms in total. The van der Waals surface area contributed by atoms with E-state index in [4.69, 9.17) is 0 Å². The molecule has 0 radical (unpaired) electrons. The van der Waals surface area contributed by atoms with Gasteiger partial charge in [0.25, 0.3) is 0 Å². The van der Waals surface area contributed by atoms with Gasteiger partial charge in [-0.15, -0.1) is 0 Å². The van der Waals surface area contributed by atoms with Crippen molar-refractivity contribution in [3.8, 4) is 0 Å². The maximum Gasteiger partial charge on any atom is 0.197 e. The van der Waals surface area contributed by atoms with Gasteiger partial charge < -0.3 is 0 Å². The number of allylic oxidation sites excluding steroid dienone is 5. The predicted molar refractivity (Wildman–Crippen MR) is 46.6 cm³/mol. The number of carbonyl (C=O) groups excluding carboxylic acids is 2. The van der Waals surface area contributed by atoms with Gasteiger partial charge in [-0.3, -0.25) is 9.59 Å². The van der Waals surface area contributed by atoms with Crippen LogP contribution in [-0.2, 0) is 9.59 Å². The van der Waals surface area contributed by atoms with Crippen molar-refractivity contribution in [2.75, 3.05) is 0 Å². The molecular weight excluding hydrogens is 152 g/mol. The van der Waals surface area contributed by atoms with E-state index in [0.717, 1.165) is 0 Å². The van der Waals surface area contributed by atoms with Gasteiger partial charge in [0, 0.05) is 11.1 Å². The molecule has 0 N–H and O–H groups in total. The third-order valence-corrected chi connectivity index (χ3v) is 1.74. The van der Waals surface area contributed by atoms with Crippen molar-refractivity contribution in [2.24, 2.45) is 0 Å². The summed E-state index contributed by atoms with van der Waals surface area (Å²) in [7, 11) is 0. The van der Waals surface area contributed by atoms with Crippen LogP contribution in [0, 0.1) is 0 Å². The molecule has 0 saturated carbocycles. The Kier molecular flexibility index (Phi) is 1.92. The summed E-state index contributed by atoms with van der Waals surface area (Å²) in [6.07, 6.45) is 2.71. The van der Waals surface area contributed by atoms with Crippen LogP contribution in [0.4, 0.5) is 0 Å². The Hall–Kier alpha value is -1.70. The summed E-state index contributed by atoms with van der Waals surface area (Å²) >= 11 is 0. The zero-order valence-electron chi connectivity index (χ0n) is 6.59. The fourth-order valence-electron chi connectivity index (χ4n) is 1.08. The van der Waals surface area contributed by atoms with Gasteiger partial charge in [0.15, 0.2) is 11.6 Å². The lowest BCUT2D eigenvalue weighted by Gasteiger charge is -1.88. The first-order valence-corrected chi connectivity index (χ1v) is 3.41. The molecule has 0 unspecified atom stereocenters. The molecule has 0 spiro atoms. The van der Waals surface area contributed by atoms with E-state index in [2.05, 4.69) is 19.7 Å². The Morgan fingerprint density at radius 2 is 1.25 bits per heavy atom. The van der Waals surface area contributed by atoms with Gasteiger partial charge in [0.05, 0.1) is 5.57 Å². The van der Waals surface area contributed by atoms with Crippen molar-refractivity contribution >= 4 is 11.6 Å². The molecule has 0 aromatic rings. The molecule has 0 aromatic heterocycles. The van der Waals surface area contributed by atoms with Crippen molar-refractivity contribution in [2.45, 2.75) is 0 Å². The Morgan fingerprint density at radius 3 is 1.50 bits per heavy atom. The Balaban J connectivity index is 3.37. The fourth-order valence-corrected chi connectivity index (χ4v) is 1.08. The minimum absolute atomic E-state index is 0.000185. The molecule has 0 atom stereocenters. The maximum absolute atomic E-state index is 11.2. The van der Waals surface area contributed by atoms with E-state index in [9.17, 15) is 9.59 Å². The Morgan fingerprint density at radius 1 is 0.917 bits per heavy atom. The zero-order chi connectivity index (χ0) is 9.30. The van der Waals surface area contributed by atoms with Crippen LogP contribution in [-0.4, -0.2) is 11.6 Å². The Bertz CT molecular complexity index is 311. The largest absolute Gasteiger partial charge is 0.288 e. The van der Waals surface area contributed by atoms with Gasteiger partial charge in [-0.2, -0.15) is 0 Å². The van der Waals surface area contributed by atoms with Crippen molar-refractivity contribution in [3.63, 3.8) is 0 Å². The Labute approximate surface area is 70.6 Å². The topological polar surface area (TPSA) is 34.1 Å². The summed E-state index contributed by atoms with van der Waals surface area (Å²) in [5, 5.41) is 0. The molecule has 0 saturated heterocycles. The number of hydrogen-bond donors (Lipinski definition) is 0. The molecule has 1 aliphatic rings. The standard InChI is InChI=1S/C10H8O2/c1-4-7-8(5-2)10(12)6(3)9(7)11/h4-5H,1-3H2. The number of hydrogen-bond acceptors (Lipinski definition) is 2. The summed E-state index contributed by atoms with van der Waals surface area (Å²) in [4.78, 5) is 22.4. The van der Waals surface area contributed by atoms with E-state index >= 15 is 0 Å². The van der Waals surface area contributed by atoms with Crippen LogP contribution < -0.4 is 0 Å². The summed E-state index contributed by atoms with van der Waals surface area (Å²) in [5.41, 5.74) is 0.611. The van der Waals surface area contributed by atoms with Gasteiger partial charge in [-0.25, -0.2) is 0 Å². The first-order valence-electron chi connectivity index (χ1n) is 3.41. The maximum atomic E-state index is 11.2. The highest BCUT2D eigenvalue weighted by Gasteiger charge is 2.30. The SMILES string of the molecule is C=CC1=C(C=C)C(=O)C(=C)C1=O. The summed E-state index contributed by atoms with van der Waals surface area (Å²) in [6, 6.07) is 0.